The standard InChI is InChI=1S/C40H56N2.2ClH.Ru/c1-10-12-14-16-20-34-35(21-17-15-13-11-2)42-39(41-34)38-33(36-29(5)23-27(3)24-30(36)6)19-18-22-40(38,9)37-31(7)25-28(4)26-32(37)8;;;/h9,18-19,22-26,34-35,41-42H,10-17,20-21H2,1-8H3;2*1H;/q;;;+2/p-2. The van der Waals surface area contributed by atoms with Crippen LogP contribution in [0.2, 0.25) is 0 Å². The topological polar surface area (TPSA) is 24.1 Å². The molecule has 3 unspecified atom stereocenters. The average molecular weight is 737 g/mol. The summed E-state index contributed by atoms with van der Waals surface area (Å²) in [6.07, 6.45) is 19.5. The number of hydrogen-bond donors (Lipinski definition) is 2. The SMILES string of the molecule is CCCCCCC1NC(=C2C(c3c(C)cc(C)cc3C)=CC=CC2([CH]=[Ru]([Cl])[Cl])c2c(C)cc(C)cc2C)NC1CCCCCC. The molecule has 0 saturated carbocycles. The molecule has 1 saturated heterocycles. The number of hydrogen-bond acceptors (Lipinski definition) is 2. The van der Waals surface area contributed by atoms with E-state index in [2.05, 4.69) is 113 Å². The predicted molar refractivity (Wildman–Crippen MR) is 196 cm³/mol. The van der Waals surface area contributed by atoms with Gasteiger partial charge in [-0.25, -0.2) is 0 Å². The van der Waals surface area contributed by atoms with Gasteiger partial charge in [0, 0.05) is 0 Å². The van der Waals surface area contributed by atoms with E-state index in [9.17, 15) is 0 Å². The number of unbranched alkanes of at least 4 members (excludes halogenated alkanes) is 6. The number of benzene rings is 2. The summed E-state index contributed by atoms with van der Waals surface area (Å²) in [5.74, 6) is 1.16. The third-order valence-electron chi connectivity index (χ3n) is 9.71. The quantitative estimate of drug-likeness (QED) is 0.158. The predicted octanol–water partition coefficient (Wildman–Crippen LogP) is 11.2. The number of nitrogens with one attached hydrogen (secondary N) is 2. The molecule has 248 valence electrons. The van der Waals surface area contributed by atoms with Crippen molar-refractivity contribution in [1.82, 2.24) is 10.6 Å². The third kappa shape index (κ3) is 8.44. The van der Waals surface area contributed by atoms with Crippen LogP contribution in [0.1, 0.15) is 123 Å². The van der Waals surface area contributed by atoms with Gasteiger partial charge in [0.1, 0.15) is 0 Å². The van der Waals surface area contributed by atoms with Crippen LogP contribution in [0.3, 0.4) is 0 Å². The zero-order valence-electron chi connectivity index (χ0n) is 29.0. The molecule has 0 aromatic heterocycles. The molecule has 45 heavy (non-hydrogen) atoms. The van der Waals surface area contributed by atoms with Gasteiger partial charge in [-0.3, -0.25) is 0 Å². The molecular formula is C40H56Cl2N2Ru. The zero-order chi connectivity index (χ0) is 32.7. The summed E-state index contributed by atoms with van der Waals surface area (Å²) in [4.78, 5) is 0. The van der Waals surface area contributed by atoms with Crippen LogP contribution in [0.5, 0.6) is 0 Å². The van der Waals surface area contributed by atoms with Crippen molar-refractivity contribution in [2.45, 2.75) is 137 Å². The molecule has 2 nitrogen and oxygen atoms in total. The Balaban J connectivity index is 1.98. The molecule has 1 aliphatic carbocycles. The zero-order valence-corrected chi connectivity index (χ0v) is 32.2. The van der Waals surface area contributed by atoms with Crippen molar-refractivity contribution in [1.29, 1.82) is 0 Å². The van der Waals surface area contributed by atoms with Crippen LogP contribution in [-0.4, -0.2) is 16.7 Å². The molecule has 0 bridgehead atoms. The van der Waals surface area contributed by atoms with Crippen molar-refractivity contribution < 1.29 is 13.5 Å². The van der Waals surface area contributed by atoms with E-state index in [1.807, 2.05) is 0 Å². The first-order chi connectivity index (χ1) is 21.5. The Morgan fingerprint density at radius 3 is 1.67 bits per heavy atom. The Morgan fingerprint density at radius 1 is 0.711 bits per heavy atom. The van der Waals surface area contributed by atoms with Gasteiger partial charge >= 0.3 is 289 Å². The normalized spacial score (nSPS) is 21.5. The molecule has 2 aliphatic rings. The molecule has 4 rings (SSSR count). The number of allylic oxidation sites excluding steroid dienone is 5. The second kappa shape index (κ2) is 16.4. The van der Waals surface area contributed by atoms with E-state index in [1.54, 1.807) is 0 Å². The van der Waals surface area contributed by atoms with E-state index in [4.69, 9.17) is 19.4 Å². The van der Waals surface area contributed by atoms with Gasteiger partial charge in [0.05, 0.1) is 0 Å². The number of aryl methyl sites for hydroxylation is 6. The summed E-state index contributed by atoms with van der Waals surface area (Å²) in [7, 11) is 13.9. The van der Waals surface area contributed by atoms with E-state index in [0.717, 1.165) is 5.82 Å². The second-order valence-corrected chi connectivity index (χ2v) is 19.3. The van der Waals surface area contributed by atoms with Gasteiger partial charge in [0.15, 0.2) is 0 Å². The summed E-state index contributed by atoms with van der Waals surface area (Å²) in [6.45, 7) is 18.0. The van der Waals surface area contributed by atoms with Gasteiger partial charge in [-0.2, -0.15) is 0 Å². The Morgan fingerprint density at radius 2 is 1.20 bits per heavy atom. The molecule has 5 heteroatoms. The molecule has 0 amide bonds. The molecule has 1 aliphatic heterocycles. The van der Waals surface area contributed by atoms with Gasteiger partial charge in [-0.15, -0.1) is 0 Å². The fourth-order valence-corrected chi connectivity index (χ4v) is 10.7. The monoisotopic (exact) mass is 736 g/mol. The van der Waals surface area contributed by atoms with Crippen LogP contribution >= 0.6 is 19.4 Å². The van der Waals surface area contributed by atoms with Crippen molar-refractivity contribution >= 4 is 29.6 Å². The average Bonchev–Trinajstić information content (AvgIpc) is 3.34. The van der Waals surface area contributed by atoms with Crippen LogP contribution in [0, 0.1) is 41.5 Å². The summed E-state index contributed by atoms with van der Waals surface area (Å²) >= 11 is -2.25. The van der Waals surface area contributed by atoms with Gasteiger partial charge < -0.3 is 0 Å². The first-order valence-corrected chi connectivity index (χ1v) is 22.7. The second-order valence-electron chi connectivity index (χ2n) is 13.6. The maximum atomic E-state index is 6.93. The van der Waals surface area contributed by atoms with Crippen molar-refractivity contribution in [3.05, 3.63) is 98.4 Å². The third-order valence-corrected chi connectivity index (χ3v) is 11.8. The fraction of sp³-hybridized carbons (Fsp3) is 0.525. The number of halogens is 2. The molecule has 2 N–H and O–H groups in total. The van der Waals surface area contributed by atoms with Crippen molar-refractivity contribution in [3.8, 4) is 0 Å². The minimum atomic E-state index is -2.25. The van der Waals surface area contributed by atoms with E-state index in [1.165, 1.54) is 120 Å². The van der Waals surface area contributed by atoms with Crippen LogP contribution < -0.4 is 10.6 Å². The Labute approximate surface area is 287 Å². The molecule has 2 aromatic rings. The summed E-state index contributed by atoms with van der Waals surface area (Å²) in [6, 6.07) is 10.1. The van der Waals surface area contributed by atoms with Gasteiger partial charge in [-0.05, 0) is 0 Å². The number of rotatable bonds is 13. The van der Waals surface area contributed by atoms with Gasteiger partial charge in [-0.1, -0.05) is 0 Å². The molecule has 0 radical (unpaired) electrons. The van der Waals surface area contributed by atoms with Crippen LogP contribution in [0.4, 0.5) is 0 Å². The molecule has 1 fully saturated rings. The minimum absolute atomic E-state index is 0.400. The van der Waals surface area contributed by atoms with Gasteiger partial charge in [0.25, 0.3) is 0 Å². The Bertz CT molecular complexity index is 1410. The molecule has 0 spiro atoms. The van der Waals surface area contributed by atoms with Crippen molar-refractivity contribution in [3.63, 3.8) is 0 Å². The first-order valence-electron chi connectivity index (χ1n) is 17.2. The molecule has 1 heterocycles. The Kier molecular flexibility index (Phi) is 13.2. The van der Waals surface area contributed by atoms with E-state index >= 15 is 0 Å². The summed E-state index contributed by atoms with van der Waals surface area (Å²) < 4.78 is 2.30. The van der Waals surface area contributed by atoms with E-state index < -0.39 is 18.9 Å². The molecule has 2 aromatic carbocycles. The molecule has 3 atom stereocenters. The maximum absolute atomic E-state index is 6.93. The summed E-state index contributed by atoms with van der Waals surface area (Å²) in [5, 5.41) is 8.26. The van der Waals surface area contributed by atoms with Gasteiger partial charge in [0.2, 0.25) is 0 Å². The van der Waals surface area contributed by atoms with Crippen molar-refractivity contribution in [2.24, 2.45) is 0 Å². The van der Waals surface area contributed by atoms with Crippen LogP contribution in [-0.2, 0) is 18.9 Å². The van der Waals surface area contributed by atoms with E-state index in [0.29, 0.717) is 12.1 Å². The Hall–Kier alpha value is -1.67. The fourth-order valence-electron chi connectivity index (χ4n) is 8.03. The first kappa shape index (κ1) is 36.2. The van der Waals surface area contributed by atoms with Crippen molar-refractivity contribution in [2.75, 3.05) is 0 Å². The van der Waals surface area contributed by atoms with Crippen LogP contribution in [0.25, 0.3) is 5.57 Å². The van der Waals surface area contributed by atoms with E-state index in [-0.39, 0.29) is 0 Å². The van der Waals surface area contributed by atoms with Crippen LogP contribution in [0.15, 0.2) is 53.9 Å². The molecular weight excluding hydrogens is 680 g/mol. The summed E-state index contributed by atoms with van der Waals surface area (Å²) in [5.41, 5.74) is 12.3.